The van der Waals surface area contributed by atoms with Crippen molar-refractivity contribution in [2.45, 2.75) is 0 Å². The third-order valence-corrected chi connectivity index (χ3v) is 2.52. The second-order valence-corrected chi connectivity index (χ2v) is 3.70. The molecule has 0 spiro atoms. The molecule has 0 saturated carbocycles. The van der Waals surface area contributed by atoms with Crippen LogP contribution in [-0.2, 0) is 0 Å². The number of primary amides is 1. The Balaban J connectivity index is 2.62. The lowest BCUT2D eigenvalue weighted by molar-refractivity contribution is 0.0998. The summed E-state index contributed by atoms with van der Waals surface area (Å²) in [6.07, 6.45) is 0. The maximum absolute atomic E-state index is 13.6. The summed E-state index contributed by atoms with van der Waals surface area (Å²) in [5.41, 5.74) is 5.18. The maximum atomic E-state index is 13.6. The molecule has 0 heterocycles. The number of aromatic hydroxyl groups is 1. The highest BCUT2D eigenvalue weighted by molar-refractivity contribution is 5.96. The van der Waals surface area contributed by atoms with Gasteiger partial charge >= 0.3 is 0 Å². The van der Waals surface area contributed by atoms with E-state index in [4.69, 9.17) is 5.73 Å². The summed E-state index contributed by atoms with van der Waals surface area (Å²) >= 11 is 0. The second kappa shape index (κ2) is 4.44. The normalized spacial score (nSPS) is 10.3. The molecule has 0 saturated heterocycles. The van der Waals surface area contributed by atoms with E-state index >= 15 is 0 Å². The summed E-state index contributed by atoms with van der Waals surface area (Å²) in [4.78, 5) is 11.1. The Labute approximate surface area is 101 Å². The Hall–Kier alpha value is -2.43. The summed E-state index contributed by atoms with van der Waals surface area (Å²) in [6.45, 7) is 0. The van der Waals surface area contributed by atoms with Gasteiger partial charge in [-0.2, -0.15) is 0 Å². The molecule has 18 heavy (non-hydrogen) atoms. The number of halogens is 2. The molecule has 0 aromatic heterocycles. The number of hydrogen-bond donors (Lipinski definition) is 2. The topological polar surface area (TPSA) is 63.3 Å². The van der Waals surface area contributed by atoms with Crippen molar-refractivity contribution < 1.29 is 18.7 Å². The van der Waals surface area contributed by atoms with Crippen molar-refractivity contribution in [2.24, 2.45) is 5.73 Å². The Bertz CT molecular complexity index is 626. The smallest absolute Gasteiger partial charge is 0.252 e. The molecule has 0 aliphatic carbocycles. The van der Waals surface area contributed by atoms with Gasteiger partial charge in [0.1, 0.15) is 5.75 Å². The number of phenols is 1. The average molecular weight is 249 g/mol. The number of nitrogens with two attached hydrogens (primary N) is 1. The standard InChI is InChI=1S/C13H9F2NO2/c14-10-3-1-2-8(12(10)15)7-4-5-11(17)9(6-7)13(16)18/h1-6,17H,(H2,16,18). The van der Waals surface area contributed by atoms with E-state index < -0.39 is 17.5 Å². The van der Waals surface area contributed by atoms with Crippen molar-refractivity contribution >= 4 is 5.91 Å². The molecular formula is C13H9F2NO2. The lowest BCUT2D eigenvalue weighted by atomic mass is 10.0. The van der Waals surface area contributed by atoms with Gasteiger partial charge in [-0.1, -0.05) is 18.2 Å². The summed E-state index contributed by atoms with van der Waals surface area (Å²) in [6, 6.07) is 7.52. The Morgan fingerprint density at radius 3 is 2.56 bits per heavy atom. The fraction of sp³-hybridized carbons (Fsp3) is 0. The van der Waals surface area contributed by atoms with Crippen LogP contribution in [0.1, 0.15) is 10.4 Å². The molecular weight excluding hydrogens is 240 g/mol. The van der Waals surface area contributed by atoms with Crippen LogP contribution in [0.3, 0.4) is 0 Å². The number of rotatable bonds is 2. The van der Waals surface area contributed by atoms with Gasteiger partial charge in [0.25, 0.3) is 5.91 Å². The average Bonchev–Trinajstić information content (AvgIpc) is 2.33. The summed E-state index contributed by atoms with van der Waals surface area (Å²) < 4.78 is 26.7. The van der Waals surface area contributed by atoms with Gasteiger partial charge in [0, 0.05) is 5.56 Å². The van der Waals surface area contributed by atoms with Crippen LogP contribution in [0.5, 0.6) is 5.75 Å². The first-order valence-corrected chi connectivity index (χ1v) is 5.08. The minimum absolute atomic E-state index is 0.00231. The predicted octanol–water partition coefficient (Wildman–Crippen LogP) is 2.44. The largest absolute Gasteiger partial charge is 0.507 e. The third kappa shape index (κ3) is 2.02. The monoisotopic (exact) mass is 249 g/mol. The minimum atomic E-state index is -1.02. The lowest BCUT2D eigenvalue weighted by Gasteiger charge is -2.07. The van der Waals surface area contributed by atoms with Crippen LogP contribution >= 0.6 is 0 Å². The Morgan fingerprint density at radius 1 is 1.17 bits per heavy atom. The highest BCUT2D eigenvalue weighted by atomic mass is 19.2. The van der Waals surface area contributed by atoms with E-state index in [1.165, 1.54) is 30.3 Å². The number of benzene rings is 2. The van der Waals surface area contributed by atoms with Crippen molar-refractivity contribution in [2.75, 3.05) is 0 Å². The molecule has 2 aromatic carbocycles. The van der Waals surface area contributed by atoms with E-state index in [1.54, 1.807) is 0 Å². The summed E-state index contributed by atoms with van der Waals surface area (Å²) in [5.74, 6) is -3.14. The summed E-state index contributed by atoms with van der Waals surface area (Å²) in [5, 5.41) is 9.41. The van der Waals surface area contributed by atoms with Crippen molar-refractivity contribution in [3.63, 3.8) is 0 Å². The van der Waals surface area contributed by atoms with Crippen molar-refractivity contribution in [1.29, 1.82) is 0 Å². The molecule has 0 aliphatic heterocycles. The fourth-order valence-corrected chi connectivity index (χ4v) is 1.63. The zero-order chi connectivity index (χ0) is 13.3. The second-order valence-electron chi connectivity index (χ2n) is 3.70. The number of amides is 1. The van der Waals surface area contributed by atoms with Crippen LogP contribution in [0, 0.1) is 11.6 Å². The predicted molar refractivity (Wildman–Crippen MR) is 62.0 cm³/mol. The molecule has 5 heteroatoms. The van der Waals surface area contributed by atoms with Crippen LogP contribution in [0.15, 0.2) is 36.4 Å². The van der Waals surface area contributed by atoms with Gasteiger partial charge in [-0.15, -0.1) is 0 Å². The zero-order valence-corrected chi connectivity index (χ0v) is 9.15. The van der Waals surface area contributed by atoms with Crippen LogP contribution in [0.4, 0.5) is 8.78 Å². The minimum Gasteiger partial charge on any atom is -0.507 e. The number of hydrogen-bond acceptors (Lipinski definition) is 2. The molecule has 1 amide bonds. The molecule has 3 N–H and O–H groups in total. The maximum Gasteiger partial charge on any atom is 0.252 e. The van der Waals surface area contributed by atoms with Crippen LogP contribution in [0.2, 0.25) is 0 Å². The fourth-order valence-electron chi connectivity index (χ4n) is 1.63. The third-order valence-electron chi connectivity index (χ3n) is 2.52. The van der Waals surface area contributed by atoms with Crippen LogP contribution < -0.4 is 5.73 Å². The molecule has 0 aliphatic rings. The molecule has 2 rings (SSSR count). The highest BCUT2D eigenvalue weighted by Crippen LogP contribution is 2.28. The molecule has 0 atom stereocenters. The van der Waals surface area contributed by atoms with Gasteiger partial charge in [-0.3, -0.25) is 4.79 Å². The zero-order valence-electron chi connectivity index (χ0n) is 9.15. The van der Waals surface area contributed by atoms with Gasteiger partial charge in [0.15, 0.2) is 11.6 Å². The Kier molecular flexibility index (Phi) is 2.97. The SMILES string of the molecule is NC(=O)c1cc(-c2cccc(F)c2F)ccc1O. The Morgan fingerprint density at radius 2 is 1.89 bits per heavy atom. The number of carbonyl (C=O) groups excluding carboxylic acids is 1. The van der Waals surface area contributed by atoms with Crippen molar-refractivity contribution in [1.82, 2.24) is 0 Å². The molecule has 0 bridgehead atoms. The van der Waals surface area contributed by atoms with Crippen LogP contribution in [0.25, 0.3) is 11.1 Å². The van der Waals surface area contributed by atoms with Crippen LogP contribution in [-0.4, -0.2) is 11.0 Å². The summed E-state index contributed by atoms with van der Waals surface area (Å²) in [7, 11) is 0. The van der Waals surface area contributed by atoms with E-state index in [0.717, 1.165) is 6.07 Å². The molecule has 0 unspecified atom stereocenters. The van der Waals surface area contributed by atoms with E-state index in [1.807, 2.05) is 0 Å². The molecule has 3 nitrogen and oxygen atoms in total. The molecule has 92 valence electrons. The van der Waals surface area contributed by atoms with Gasteiger partial charge in [-0.25, -0.2) is 8.78 Å². The van der Waals surface area contributed by atoms with Crippen molar-refractivity contribution in [3.8, 4) is 16.9 Å². The van der Waals surface area contributed by atoms with E-state index in [0.29, 0.717) is 0 Å². The molecule has 2 aromatic rings. The van der Waals surface area contributed by atoms with Gasteiger partial charge in [0.2, 0.25) is 0 Å². The first-order chi connectivity index (χ1) is 8.50. The quantitative estimate of drug-likeness (QED) is 0.858. The van der Waals surface area contributed by atoms with Gasteiger partial charge < -0.3 is 10.8 Å². The highest BCUT2D eigenvalue weighted by Gasteiger charge is 2.13. The first-order valence-electron chi connectivity index (χ1n) is 5.08. The van der Waals surface area contributed by atoms with E-state index in [2.05, 4.69) is 0 Å². The molecule has 0 fully saturated rings. The number of carbonyl (C=O) groups is 1. The van der Waals surface area contributed by atoms with Gasteiger partial charge in [0.05, 0.1) is 5.56 Å². The molecule has 0 radical (unpaired) electrons. The van der Waals surface area contributed by atoms with Crippen molar-refractivity contribution in [3.05, 3.63) is 53.6 Å². The van der Waals surface area contributed by atoms with Gasteiger partial charge in [-0.05, 0) is 23.8 Å². The van der Waals surface area contributed by atoms with E-state index in [-0.39, 0.29) is 22.4 Å². The first kappa shape index (κ1) is 12.0. The lowest BCUT2D eigenvalue weighted by Crippen LogP contribution is -2.11. The van der Waals surface area contributed by atoms with E-state index in [9.17, 15) is 18.7 Å².